The van der Waals surface area contributed by atoms with Gasteiger partial charge in [0.1, 0.15) is 11.6 Å². The number of carbonyl (C=O) groups excluding carboxylic acids is 1. The van der Waals surface area contributed by atoms with Crippen LogP contribution in [0, 0.1) is 11.6 Å². The second kappa shape index (κ2) is 6.51. The second-order valence-electron chi connectivity index (χ2n) is 5.12. The normalized spacial score (nSPS) is 16.2. The largest absolute Gasteiger partial charge is 0.409 e. The van der Waals surface area contributed by atoms with Gasteiger partial charge in [-0.05, 0) is 25.0 Å². The average molecular weight is 297 g/mol. The molecule has 0 atom stereocenters. The van der Waals surface area contributed by atoms with E-state index >= 15 is 0 Å². The summed E-state index contributed by atoms with van der Waals surface area (Å²) in [5.41, 5.74) is 5.40. The number of nitrogens with two attached hydrogens (primary N) is 1. The summed E-state index contributed by atoms with van der Waals surface area (Å²) >= 11 is 0. The minimum absolute atomic E-state index is 0.0656. The zero-order valence-corrected chi connectivity index (χ0v) is 11.4. The highest BCUT2D eigenvalue weighted by Crippen LogP contribution is 2.25. The minimum Gasteiger partial charge on any atom is -0.409 e. The third kappa shape index (κ3) is 3.68. The summed E-state index contributed by atoms with van der Waals surface area (Å²) < 4.78 is 26.5. The molecular formula is C14H17F2N3O2. The molecule has 0 aromatic heterocycles. The van der Waals surface area contributed by atoms with E-state index in [2.05, 4.69) is 5.16 Å². The van der Waals surface area contributed by atoms with Crippen molar-refractivity contribution < 1.29 is 18.8 Å². The average Bonchev–Trinajstić information content (AvgIpc) is 2.96. The Kier molecular flexibility index (Phi) is 4.72. The van der Waals surface area contributed by atoms with Crippen LogP contribution in [-0.2, 0) is 0 Å². The molecule has 0 saturated heterocycles. The third-order valence-electron chi connectivity index (χ3n) is 3.60. The van der Waals surface area contributed by atoms with E-state index in [1.165, 1.54) is 4.90 Å². The Morgan fingerprint density at radius 2 is 1.86 bits per heavy atom. The van der Waals surface area contributed by atoms with E-state index in [9.17, 15) is 13.6 Å². The first-order valence-corrected chi connectivity index (χ1v) is 6.74. The minimum atomic E-state index is -0.812. The quantitative estimate of drug-likeness (QED) is 0.386. The maximum Gasteiger partial charge on any atom is 0.254 e. The zero-order valence-electron chi connectivity index (χ0n) is 11.4. The van der Waals surface area contributed by atoms with Crippen molar-refractivity contribution in [3.05, 3.63) is 35.4 Å². The summed E-state index contributed by atoms with van der Waals surface area (Å²) in [6, 6.07) is 2.61. The number of halogens is 2. The van der Waals surface area contributed by atoms with Crippen molar-refractivity contribution in [2.45, 2.75) is 31.7 Å². The van der Waals surface area contributed by atoms with Crippen LogP contribution in [0.2, 0.25) is 0 Å². The first-order chi connectivity index (χ1) is 10.0. The van der Waals surface area contributed by atoms with Gasteiger partial charge in [-0.25, -0.2) is 8.78 Å². The molecule has 0 unspecified atom stereocenters. The maximum atomic E-state index is 13.3. The summed E-state index contributed by atoms with van der Waals surface area (Å²) in [4.78, 5) is 13.9. The number of amides is 1. The fourth-order valence-electron chi connectivity index (χ4n) is 2.63. The van der Waals surface area contributed by atoms with Gasteiger partial charge in [0.05, 0.1) is 6.54 Å². The van der Waals surface area contributed by atoms with Gasteiger partial charge in [-0.2, -0.15) is 0 Å². The van der Waals surface area contributed by atoms with E-state index in [1.54, 1.807) is 0 Å². The Bertz CT molecular complexity index is 537. The molecule has 1 aliphatic rings. The van der Waals surface area contributed by atoms with Gasteiger partial charge in [-0.3, -0.25) is 4.79 Å². The summed E-state index contributed by atoms with van der Waals surface area (Å²) in [6.45, 7) is -0.0713. The van der Waals surface area contributed by atoms with Crippen molar-refractivity contribution in [2.24, 2.45) is 10.9 Å². The molecule has 21 heavy (non-hydrogen) atoms. The van der Waals surface area contributed by atoms with Crippen LogP contribution in [0.25, 0.3) is 0 Å². The molecule has 0 bridgehead atoms. The lowest BCUT2D eigenvalue weighted by atomic mass is 10.1. The Labute approximate surface area is 121 Å². The Hall–Kier alpha value is -2.18. The van der Waals surface area contributed by atoms with Gasteiger partial charge in [0, 0.05) is 17.7 Å². The molecule has 0 aliphatic heterocycles. The fourth-order valence-corrected chi connectivity index (χ4v) is 2.63. The Morgan fingerprint density at radius 3 is 2.38 bits per heavy atom. The van der Waals surface area contributed by atoms with Gasteiger partial charge in [-0.1, -0.05) is 18.0 Å². The molecule has 1 saturated carbocycles. The van der Waals surface area contributed by atoms with Gasteiger partial charge in [-0.15, -0.1) is 0 Å². The summed E-state index contributed by atoms with van der Waals surface area (Å²) in [6.07, 6.45) is 3.54. The van der Waals surface area contributed by atoms with Crippen molar-refractivity contribution in [2.75, 3.05) is 6.54 Å². The predicted octanol–water partition coefficient (Wildman–Crippen LogP) is 2.10. The van der Waals surface area contributed by atoms with Crippen LogP contribution in [0.3, 0.4) is 0 Å². The van der Waals surface area contributed by atoms with Crippen molar-refractivity contribution in [1.29, 1.82) is 0 Å². The van der Waals surface area contributed by atoms with Crippen molar-refractivity contribution in [3.8, 4) is 0 Å². The highest BCUT2D eigenvalue weighted by Gasteiger charge is 2.28. The number of nitrogens with zero attached hydrogens (tertiary/aromatic N) is 2. The molecule has 114 valence electrons. The topological polar surface area (TPSA) is 78.9 Å². The number of rotatable bonds is 4. The molecule has 1 aromatic rings. The lowest BCUT2D eigenvalue weighted by molar-refractivity contribution is 0.0711. The van der Waals surface area contributed by atoms with Crippen LogP contribution in [0.1, 0.15) is 36.0 Å². The van der Waals surface area contributed by atoms with E-state index in [0.717, 1.165) is 37.8 Å². The molecule has 1 aliphatic carbocycles. The highest BCUT2D eigenvalue weighted by molar-refractivity contribution is 5.97. The lowest BCUT2D eigenvalue weighted by Crippen LogP contribution is -2.44. The number of hydrogen-bond donors (Lipinski definition) is 2. The van der Waals surface area contributed by atoms with Crippen molar-refractivity contribution >= 4 is 11.7 Å². The first kappa shape index (κ1) is 15.2. The van der Waals surface area contributed by atoms with E-state index in [0.29, 0.717) is 6.07 Å². The van der Waals surface area contributed by atoms with E-state index in [1.807, 2.05) is 0 Å². The first-order valence-electron chi connectivity index (χ1n) is 6.74. The van der Waals surface area contributed by atoms with Crippen LogP contribution in [0.4, 0.5) is 8.78 Å². The molecule has 1 fully saturated rings. The predicted molar refractivity (Wildman–Crippen MR) is 73.1 cm³/mol. The molecule has 2 rings (SSSR count). The zero-order chi connectivity index (χ0) is 15.4. The molecule has 0 radical (unpaired) electrons. The van der Waals surface area contributed by atoms with Gasteiger partial charge in [0.2, 0.25) is 0 Å². The Morgan fingerprint density at radius 1 is 1.29 bits per heavy atom. The van der Waals surface area contributed by atoms with Crippen LogP contribution < -0.4 is 5.73 Å². The summed E-state index contributed by atoms with van der Waals surface area (Å²) in [5.74, 6) is -2.26. The number of carbonyl (C=O) groups is 1. The number of oxime groups is 1. The summed E-state index contributed by atoms with van der Waals surface area (Å²) in [7, 11) is 0. The van der Waals surface area contributed by atoms with E-state index < -0.39 is 17.5 Å². The van der Waals surface area contributed by atoms with Crippen LogP contribution in [0.5, 0.6) is 0 Å². The van der Waals surface area contributed by atoms with Gasteiger partial charge < -0.3 is 15.8 Å². The summed E-state index contributed by atoms with van der Waals surface area (Å²) in [5, 5.41) is 11.5. The van der Waals surface area contributed by atoms with Crippen LogP contribution in [-0.4, -0.2) is 34.4 Å². The maximum absolute atomic E-state index is 13.3. The highest BCUT2D eigenvalue weighted by atomic mass is 19.1. The lowest BCUT2D eigenvalue weighted by Gasteiger charge is -2.28. The molecule has 3 N–H and O–H groups in total. The molecule has 1 amide bonds. The molecule has 0 heterocycles. The number of benzene rings is 1. The Balaban J connectivity index is 2.28. The molecule has 0 spiro atoms. The SMILES string of the molecule is NC(CN(C(=O)c1cc(F)cc(F)c1)C1CCCC1)=NO. The van der Waals surface area contributed by atoms with Crippen LogP contribution in [0.15, 0.2) is 23.4 Å². The monoisotopic (exact) mass is 297 g/mol. The van der Waals surface area contributed by atoms with Crippen molar-refractivity contribution in [3.63, 3.8) is 0 Å². The second-order valence-corrected chi connectivity index (χ2v) is 5.12. The fraction of sp³-hybridized carbons (Fsp3) is 0.429. The van der Waals surface area contributed by atoms with Crippen molar-refractivity contribution in [1.82, 2.24) is 4.90 Å². The van der Waals surface area contributed by atoms with Gasteiger partial charge >= 0.3 is 0 Å². The molecule has 5 nitrogen and oxygen atoms in total. The van der Waals surface area contributed by atoms with Gasteiger partial charge in [0.25, 0.3) is 5.91 Å². The standard InChI is InChI=1S/C14H17F2N3O2/c15-10-5-9(6-11(16)7-10)14(20)19(8-13(17)18-21)12-3-1-2-4-12/h5-7,12,21H,1-4,8H2,(H2,17,18). The smallest absolute Gasteiger partial charge is 0.254 e. The number of hydrogen-bond acceptors (Lipinski definition) is 3. The molecule has 7 heteroatoms. The molecule has 1 aromatic carbocycles. The third-order valence-corrected chi connectivity index (χ3v) is 3.60. The number of amidine groups is 1. The van der Waals surface area contributed by atoms with Crippen LogP contribution >= 0.6 is 0 Å². The van der Waals surface area contributed by atoms with Gasteiger partial charge in [0.15, 0.2) is 5.84 Å². The van der Waals surface area contributed by atoms with E-state index in [4.69, 9.17) is 10.9 Å². The van der Waals surface area contributed by atoms with E-state index in [-0.39, 0.29) is 24.0 Å². The molecular weight excluding hydrogens is 280 g/mol.